The SMILES string of the molecule is COc1cccc2c1NC(=O)C2CCC1CCCC1. The molecule has 1 amide bonds. The summed E-state index contributed by atoms with van der Waals surface area (Å²) in [6.45, 7) is 0. The minimum absolute atomic E-state index is 0.0192. The summed E-state index contributed by atoms with van der Waals surface area (Å²) in [4.78, 5) is 12.1. The Balaban J connectivity index is 1.74. The number of para-hydroxylation sites is 1. The van der Waals surface area contributed by atoms with E-state index in [1.54, 1.807) is 7.11 Å². The van der Waals surface area contributed by atoms with Gasteiger partial charge in [-0.05, 0) is 30.4 Å². The summed E-state index contributed by atoms with van der Waals surface area (Å²) in [5.41, 5.74) is 1.99. The van der Waals surface area contributed by atoms with E-state index in [4.69, 9.17) is 4.74 Å². The van der Waals surface area contributed by atoms with Crippen LogP contribution in [0.25, 0.3) is 0 Å². The molecule has 0 aromatic heterocycles. The van der Waals surface area contributed by atoms with E-state index in [1.165, 1.54) is 32.1 Å². The number of hydrogen-bond donors (Lipinski definition) is 1. The van der Waals surface area contributed by atoms with Crippen LogP contribution in [0.15, 0.2) is 18.2 Å². The second kappa shape index (κ2) is 5.24. The number of anilines is 1. The number of benzene rings is 1. The zero-order valence-corrected chi connectivity index (χ0v) is 11.4. The van der Waals surface area contributed by atoms with Crippen LogP contribution in [0.1, 0.15) is 50.0 Å². The summed E-state index contributed by atoms with van der Waals surface area (Å²) >= 11 is 0. The molecule has 19 heavy (non-hydrogen) atoms. The van der Waals surface area contributed by atoms with Gasteiger partial charge in [0.05, 0.1) is 18.7 Å². The summed E-state index contributed by atoms with van der Waals surface area (Å²) in [5, 5.41) is 2.98. The predicted molar refractivity (Wildman–Crippen MR) is 75.6 cm³/mol. The van der Waals surface area contributed by atoms with Gasteiger partial charge >= 0.3 is 0 Å². The van der Waals surface area contributed by atoms with E-state index in [2.05, 4.69) is 11.4 Å². The first-order valence-electron chi connectivity index (χ1n) is 7.27. The Hall–Kier alpha value is -1.51. The van der Waals surface area contributed by atoms with Crippen LogP contribution in [0.2, 0.25) is 0 Å². The van der Waals surface area contributed by atoms with Crippen molar-refractivity contribution in [3.05, 3.63) is 23.8 Å². The van der Waals surface area contributed by atoms with Crippen LogP contribution in [0, 0.1) is 5.92 Å². The van der Waals surface area contributed by atoms with Gasteiger partial charge in [-0.25, -0.2) is 0 Å². The molecule has 2 aliphatic rings. The van der Waals surface area contributed by atoms with Crippen LogP contribution in [0.5, 0.6) is 5.75 Å². The molecule has 1 unspecified atom stereocenters. The van der Waals surface area contributed by atoms with Crippen molar-refractivity contribution in [2.75, 3.05) is 12.4 Å². The second-order valence-corrected chi connectivity index (χ2v) is 5.69. The number of rotatable bonds is 4. The summed E-state index contributed by atoms with van der Waals surface area (Å²) in [6, 6.07) is 5.92. The molecule has 1 atom stereocenters. The fraction of sp³-hybridized carbons (Fsp3) is 0.562. The van der Waals surface area contributed by atoms with Gasteiger partial charge in [0.15, 0.2) is 0 Å². The molecule has 1 saturated carbocycles. The number of amides is 1. The number of carbonyl (C=O) groups is 1. The normalized spacial score (nSPS) is 22.4. The van der Waals surface area contributed by atoms with E-state index in [0.29, 0.717) is 0 Å². The Morgan fingerprint density at radius 3 is 2.79 bits per heavy atom. The molecule has 1 N–H and O–H groups in total. The van der Waals surface area contributed by atoms with Crippen molar-refractivity contribution in [3.8, 4) is 5.75 Å². The molecular formula is C16H21NO2. The first-order valence-corrected chi connectivity index (χ1v) is 7.27. The predicted octanol–water partition coefficient (Wildman–Crippen LogP) is 3.70. The molecule has 0 radical (unpaired) electrons. The third-order valence-electron chi connectivity index (χ3n) is 4.56. The number of methoxy groups -OCH3 is 1. The Morgan fingerprint density at radius 1 is 1.26 bits per heavy atom. The highest BCUT2D eigenvalue weighted by atomic mass is 16.5. The lowest BCUT2D eigenvalue weighted by Gasteiger charge is -2.13. The highest BCUT2D eigenvalue weighted by molar-refractivity contribution is 6.04. The van der Waals surface area contributed by atoms with Crippen molar-refractivity contribution < 1.29 is 9.53 Å². The Bertz CT molecular complexity index is 478. The van der Waals surface area contributed by atoms with Gasteiger partial charge in [-0.15, -0.1) is 0 Å². The van der Waals surface area contributed by atoms with E-state index >= 15 is 0 Å². The molecule has 1 aromatic carbocycles. The summed E-state index contributed by atoms with van der Waals surface area (Å²) < 4.78 is 5.32. The van der Waals surface area contributed by atoms with Crippen molar-refractivity contribution in [2.45, 2.75) is 44.4 Å². The van der Waals surface area contributed by atoms with Crippen LogP contribution in [-0.2, 0) is 4.79 Å². The van der Waals surface area contributed by atoms with Gasteiger partial charge < -0.3 is 10.1 Å². The molecule has 1 aromatic rings. The van der Waals surface area contributed by atoms with Crippen molar-refractivity contribution in [1.29, 1.82) is 0 Å². The summed E-state index contributed by atoms with van der Waals surface area (Å²) in [6.07, 6.45) is 7.57. The van der Waals surface area contributed by atoms with E-state index in [-0.39, 0.29) is 11.8 Å². The van der Waals surface area contributed by atoms with Crippen LogP contribution in [-0.4, -0.2) is 13.0 Å². The van der Waals surface area contributed by atoms with Gasteiger partial charge in [0.1, 0.15) is 5.75 Å². The first-order chi connectivity index (χ1) is 9.29. The van der Waals surface area contributed by atoms with Gasteiger partial charge in [0.2, 0.25) is 5.91 Å². The number of fused-ring (bicyclic) bond motifs is 1. The minimum atomic E-state index is 0.0192. The van der Waals surface area contributed by atoms with Crippen LogP contribution >= 0.6 is 0 Å². The maximum absolute atomic E-state index is 12.1. The van der Waals surface area contributed by atoms with Gasteiger partial charge in [-0.2, -0.15) is 0 Å². The monoisotopic (exact) mass is 259 g/mol. The molecule has 0 saturated heterocycles. The molecule has 1 aliphatic heterocycles. The third kappa shape index (κ3) is 2.34. The lowest BCUT2D eigenvalue weighted by atomic mass is 9.90. The van der Waals surface area contributed by atoms with E-state index in [0.717, 1.165) is 29.3 Å². The van der Waals surface area contributed by atoms with E-state index in [9.17, 15) is 4.79 Å². The highest BCUT2D eigenvalue weighted by Crippen LogP contribution is 2.42. The maximum atomic E-state index is 12.1. The highest BCUT2D eigenvalue weighted by Gasteiger charge is 2.32. The van der Waals surface area contributed by atoms with E-state index in [1.807, 2.05) is 12.1 Å². The molecule has 0 spiro atoms. The molecule has 0 bridgehead atoms. The Kier molecular flexibility index (Phi) is 3.45. The van der Waals surface area contributed by atoms with Gasteiger partial charge in [0, 0.05) is 0 Å². The van der Waals surface area contributed by atoms with E-state index < -0.39 is 0 Å². The van der Waals surface area contributed by atoms with Crippen molar-refractivity contribution in [2.24, 2.45) is 5.92 Å². The average Bonchev–Trinajstić information content (AvgIpc) is 3.03. The zero-order valence-electron chi connectivity index (χ0n) is 11.4. The largest absolute Gasteiger partial charge is 0.495 e. The minimum Gasteiger partial charge on any atom is -0.495 e. The molecule has 1 fully saturated rings. The quantitative estimate of drug-likeness (QED) is 0.895. The van der Waals surface area contributed by atoms with Crippen molar-refractivity contribution in [3.63, 3.8) is 0 Å². The van der Waals surface area contributed by atoms with Crippen LogP contribution in [0.3, 0.4) is 0 Å². The Labute approximate surface area is 114 Å². The van der Waals surface area contributed by atoms with Gasteiger partial charge in [-0.1, -0.05) is 37.8 Å². The van der Waals surface area contributed by atoms with Crippen molar-refractivity contribution in [1.82, 2.24) is 0 Å². The molecular weight excluding hydrogens is 238 g/mol. The molecule has 3 nitrogen and oxygen atoms in total. The van der Waals surface area contributed by atoms with Crippen LogP contribution in [0.4, 0.5) is 5.69 Å². The fourth-order valence-corrected chi connectivity index (χ4v) is 3.48. The molecule has 1 aliphatic carbocycles. The van der Waals surface area contributed by atoms with Gasteiger partial charge in [0.25, 0.3) is 0 Å². The summed E-state index contributed by atoms with van der Waals surface area (Å²) in [7, 11) is 1.65. The maximum Gasteiger partial charge on any atom is 0.232 e. The second-order valence-electron chi connectivity index (χ2n) is 5.69. The number of carbonyl (C=O) groups excluding carboxylic acids is 1. The zero-order chi connectivity index (χ0) is 13.2. The third-order valence-corrected chi connectivity index (χ3v) is 4.56. The standard InChI is InChI=1S/C16H21NO2/c1-19-14-8-4-7-12-13(16(18)17-15(12)14)10-9-11-5-2-3-6-11/h4,7-8,11,13H,2-3,5-6,9-10H2,1H3,(H,17,18). The number of ether oxygens (including phenoxy) is 1. The molecule has 3 heteroatoms. The van der Waals surface area contributed by atoms with Gasteiger partial charge in [-0.3, -0.25) is 4.79 Å². The average molecular weight is 259 g/mol. The molecule has 1 heterocycles. The fourth-order valence-electron chi connectivity index (χ4n) is 3.48. The number of hydrogen-bond acceptors (Lipinski definition) is 2. The van der Waals surface area contributed by atoms with Crippen molar-refractivity contribution >= 4 is 11.6 Å². The molecule has 102 valence electrons. The summed E-state index contributed by atoms with van der Waals surface area (Å²) in [5.74, 6) is 1.76. The lowest BCUT2D eigenvalue weighted by Crippen LogP contribution is -2.13. The topological polar surface area (TPSA) is 38.3 Å². The first kappa shape index (κ1) is 12.5. The Morgan fingerprint density at radius 2 is 2.05 bits per heavy atom. The lowest BCUT2D eigenvalue weighted by molar-refractivity contribution is -0.117. The smallest absolute Gasteiger partial charge is 0.232 e. The number of nitrogens with one attached hydrogen (secondary N) is 1. The molecule has 3 rings (SSSR count). The van der Waals surface area contributed by atoms with Crippen LogP contribution < -0.4 is 10.1 Å².